The lowest BCUT2D eigenvalue weighted by molar-refractivity contribution is 0.0921. The van der Waals surface area contributed by atoms with Gasteiger partial charge in [0.2, 0.25) is 0 Å². The average Bonchev–Trinajstić information content (AvgIpc) is 2.52. The van der Waals surface area contributed by atoms with Gasteiger partial charge in [0, 0.05) is 6.04 Å². The molecule has 0 radical (unpaired) electrons. The lowest BCUT2D eigenvalue weighted by Gasteiger charge is -2.22. The van der Waals surface area contributed by atoms with Crippen LogP contribution in [0.2, 0.25) is 0 Å². The molecule has 0 aliphatic heterocycles. The Bertz CT molecular complexity index is 433. The van der Waals surface area contributed by atoms with Gasteiger partial charge in [0.25, 0.3) is 5.91 Å². The van der Waals surface area contributed by atoms with Crippen LogP contribution in [0, 0.1) is 5.92 Å². The standard InChI is InChI=1S/C13H17Br2NOS/c1-8-5-3-2-4-6-10(8)16-13(17)9-7-11(14)18-12(9)15/h7-8,10H,2-6H2,1H3,(H,16,17). The summed E-state index contributed by atoms with van der Waals surface area (Å²) in [6.07, 6.45) is 6.14. The summed E-state index contributed by atoms with van der Waals surface area (Å²) in [5, 5.41) is 3.20. The number of hydrogen-bond acceptors (Lipinski definition) is 2. The van der Waals surface area contributed by atoms with Crippen molar-refractivity contribution in [3.8, 4) is 0 Å². The van der Waals surface area contributed by atoms with E-state index in [-0.39, 0.29) is 5.91 Å². The van der Waals surface area contributed by atoms with Gasteiger partial charge in [-0.15, -0.1) is 11.3 Å². The van der Waals surface area contributed by atoms with E-state index in [0.717, 1.165) is 19.6 Å². The summed E-state index contributed by atoms with van der Waals surface area (Å²) in [5.41, 5.74) is 0.739. The van der Waals surface area contributed by atoms with E-state index in [1.807, 2.05) is 6.07 Å². The number of nitrogens with one attached hydrogen (secondary N) is 1. The van der Waals surface area contributed by atoms with Gasteiger partial charge in [-0.05, 0) is 56.7 Å². The monoisotopic (exact) mass is 393 g/mol. The summed E-state index contributed by atoms with van der Waals surface area (Å²) in [6, 6.07) is 2.21. The molecular formula is C13H17Br2NOS. The molecule has 1 aliphatic carbocycles. The molecule has 0 spiro atoms. The molecule has 1 aromatic heterocycles. The largest absolute Gasteiger partial charge is 0.349 e. The molecule has 100 valence electrons. The molecular weight excluding hydrogens is 378 g/mol. The quantitative estimate of drug-likeness (QED) is 0.704. The van der Waals surface area contributed by atoms with Crippen molar-refractivity contribution in [3.63, 3.8) is 0 Å². The zero-order chi connectivity index (χ0) is 13.1. The molecule has 5 heteroatoms. The fraction of sp³-hybridized carbons (Fsp3) is 0.615. The highest BCUT2D eigenvalue weighted by atomic mass is 79.9. The lowest BCUT2D eigenvalue weighted by Crippen LogP contribution is -2.38. The predicted octanol–water partition coefficient (Wildman–Crippen LogP) is 4.97. The van der Waals surface area contributed by atoms with E-state index < -0.39 is 0 Å². The SMILES string of the molecule is CC1CCCCCC1NC(=O)c1cc(Br)sc1Br. The van der Waals surface area contributed by atoms with Crippen molar-refractivity contribution < 1.29 is 4.79 Å². The van der Waals surface area contributed by atoms with Gasteiger partial charge in [-0.2, -0.15) is 0 Å². The first-order chi connectivity index (χ1) is 8.58. The van der Waals surface area contributed by atoms with Crippen molar-refractivity contribution in [2.75, 3.05) is 0 Å². The number of carbonyl (C=O) groups is 1. The van der Waals surface area contributed by atoms with E-state index in [9.17, 15) is 4.79 Å². The lowest BCUT2D eigenvalue weighted by atomic mass is 9.97. The first-order valence-corrected chi connectivity index (χ1v) is 8.74. The van der Waals surface area contributed by atoms with Crippen LogP contribution in [0.1, 0.15) is 49.4 Å². The van der Waals surface area contributed by atoms with Gasteiger partial charge >= 0.3 is 0 Å². The molecule has 2 unspecified atom stereocenters. The average molecular weight is 395 g/mol. The number of thiophene rings is 1. The highest BCUT2D eigenvalue weighted by molar-refractivity contribution is 9.12. The maximum atomic E-state index is 12.2. The van der Waals surface area contributed by atoms with Crippen LogP contribution >= 0.6 is 43.2 Å². The zero-order valence-electron chi connectivity index (χ0n) is 10.3. The first kappa shape index (κ1) is 14.5. The summed E-state index contributed by atoms with van der Waals surface area (Å²) in [6.45, 7) is 2.24. The van der Waals surface area contributed by atoms with E-state index in [0.29, 0.717) is 12.0 Å². The molecule has 2 nitrogen and oxygen atoms in total. The molecule has 1 aliphatic rings. The number of halogens is 2. The second-order valence-corrected chi connectivity index (χ2v) is 8.68. The van der Waals surface area contributed by atoms with Gasteiger partial charge in [0.05, 0.1) is 13.1 Å². The number of amides is 1. The second-order valence-electron chi connectivity index (χ2n) is 4.93. The molecule has 1 fully saturated rings. The number of hydrogen-bond donors (Lipinski definition) is 1. The maximum Gasteiger partial charge on any atom is 0.253 e. The highest BCUT2D eigenvalue weighted by Gasteiger charge is 2.23. The molecule has 1 aromatic rings. The Balaban J connectivity index is 2.04. The Morgan fingerprint density at radius 2 is 2.06 bits per heavy atom. The van der Waals surface area contributed by atoms with Crippen LogP contribution in [0.4, 0.5) is 0 Å². The fourth-order valence-electron chi connectivity index (χ4n) is 2.45. The normalized spacial score (nSPS) is 24.6. The van der Waals surface area contributed by atoms with Crippen LogP contribution in [-0.4, -0.2) is 11.9 Å². The number of carbonyl (C=O) groups excluding carboxylic acids is 1. The Kier molecular flexibility index (Phi) is 5.27. The zero-order valence-corrected chi connectivity index (χ0v) is 14.3. The molecule has 2 rings (SSSR count). The highest BCUT2D eigenvalue weighted by Crippen LogP contribution is 2.32. The van der Waals surface area contributed by atoms with Crippen molar-refractivity contribution >= 4 is 49.1 Å². The van der Waals surface area contributed by atoms with Crippen LogP contribution < -0.4 is 5.32 Å². The van der Waals surface area contributed by atoms with Crippen molar-refractivity contribution in [3.05, 3.63) is 19.2 Å². The third kappa shape index (κ3) is 3.58. The number of rotatable bonds is 2. The van der Waals surface area contributed by atoms with Gasteiger partial charge in [-0.3, -0.25) is 4.79 Å². The smallest absolute Gasteiger partial charge is 0.253 e. The summed E-state index contributed by atoms with van der Waals surface area (Å²) >= 11 is 8.39. The van der Waals surface area contributed by atoms with Crippen LogP contribution in [0.15, 0.2) is 13.6 Å². The van der Waals surface area contributed by atoms with Crippen molar-refractivity contribution in [2.45, 2.75) is 45.1 Å². The Hall–Kier alpha value is 0.130. The van der Waals surface area contributed by atoms with E-state index in [1.54, 1.807) is 0 Å². The molecule has 1 heterocycles. The minimum absolute atomic E-state index is 0.0441. The van der Waals surface area contributed by atoms with E-state index in [1.165, 1.54) is 37.0 Å². The molecule has 0 saturated heterocycles. The van der Waals surface area contributed by atoms with Crippen LogP contribution in [-0.2, 0) is 0 Å². The summed E-state index contributed by atoms with van der Waals surface area (Å²) in [4.78, 5) is 12.2. The third-order valence-electron chi connectivity index (χ3n) is 3.58. The van der Waals surface area contributed by atoms with Crippen molar-refractivity contribution in [1.29, 1.82) is 0 Å². The van der Waals surface area contributed by atoms with Gasteiger partial charge in [0.15, 0.2) is 0 Å². The molecule has 18 heavy (non-hydrogen) atoms. The molecule has 1 N–H and O–H groups in total. The Morgan fingerprint density at radius 3 is 2.72 bits per heavy atom. The van der Waals surface area contributed by atoms with Crippen LogP contribution in [0.3, 0.4) is 0 Å². The van der Waals surface area contributed by atoms with E-state index in [4.69, 9.17) is 0 Å². The minimum atomic E-state index is 0.0441. The topological polar surface area (TPSA) is 29.1 Å². The predicted molar refractivity (Wildman–Crippen MR) is 83.2 cm³/mol. The van der Waals surface area contributed by atoms with Gasteiger partial charge in [-0.1, -0.05) is 26.2 Å². The maximum absolute atomic E-state index is 12.2. The fourth-order valence-corrected chi connectivity index (χ4v) is 5.24. The van der Waals surface area contributed by atoms with E-state index in [2.05, 4.69) is 44.1 Å². The molecule has 1 saturated carbocycles. The van der Waals surface area contributed by atoms with Crippen LogP contribution in [0.5, 0.6) is 0 Å². The van der Waals surface area contributed by atoms with Crippen LogP contribution in [0.25, 0.3) is 0 Å². The molecule has 2 atom stereocenters. The molecule has 0 bridgehead atoms. The summed E-state index contributed by atoms with van der Waals surface area (Å²) < 4.78 is 1.88. The minimum Gasteiger partial charge on any atom is -0.349 e. The summed E-state index contributed by atoms with van der Waals surface area (Å²) in [7, 11) is 0. The Morgan fingerprint density at radius 1 is 1.33 bits per heavy atom. The van der Waals surface area contributed by atoms with Gasteiger partial charge in [-0.25, -0.2) is 0 Å². The van der Waals surface area contributed by atoms with Crippen molar-refractivity contribution in [1.82, 2.24) is 5.32 Å². The van der Waals surface area contributed by atoms with E-state index >= 15 is 0 Å². The first-order valence-electron chi connectivity index (χ1n) is 6.33. The van der Waals surface area contributed by atoms with Gasteiger partial charge < -0.3 is 5.32 Å². The van der Waals surface area contributed by atoms with Crippen molar-refractivity contribution in [2.24, 2.45) is 5.92 Å². The summed E-state index contributed by atoms with van der Waals surface area (Å²) in [5.74, 6) is 0.625. The molecule has 0 aromatic carbocycles. The third-order valence-corrected chi connectivity index (χ3v) is 5.92. The molecule has 1 amide bonds. The Labute approximate surface area is 129 Å². The second kappa shape index (κ2) is 6.53. The van der Waals surface area contributed by atoms with Gasteiger partial charge in [0.1, 0.15) is 0 Å².